The molecule has 7 heteroatoms. The number of hydrogen-bond donors (Lipinski definition) is 1. The van der Waals surface area contributed by atoms with Crippen molar-refractivity contribution in [1.82, 2.24) is 0 Å². The molecular formula is C14H28NaO5S. The van der Waals surface area contributed by atoms with E-state index in [4.69, 9.17) is 9.29 Å². The fourth-order valence-electron chi connectivity index (χ4n) is 1.97. The van der Waals surface area contributed by atoms with Gasteiger partial charge in [-0.1, -0.05) is 64.7 Å². The molecule has 0 aliphatic heterocycles. The van der Waals surface area contributed by atoms with Crippen LogP contribution in [0.3, 0.4) is 0 Å². The minimum atomic E-state index is -4.26. The third kappa shape index (κ3) is 20.4. The molecule has 0 aromatic heterocycles. The van der Waals surface area contributed by atoms with E-state index in [0.717, 1.165) is 19.3 Å². The van der Waals surface area contributed by atoms with Gasteiger partial charge in [-0.15, -0.1) is 0 Å². The predicted molar refractivity (Wildman–Crippen MR) is 85.0 cm³/mol. The monoisotopic (exact) mass is 331 g/mol. The average molecular weight is 331 g/mol. The van der Waals surface area contributed by atoms with E-state index in [2.05, 4.69) is 6.92 Å². The Balaban J connectivity index is 0. The molecule has 0 saturated heterocycles. The van der Waals surface area contributed by atoms with Gasteiger partial charge in [0.15, 0.2) is 5.75 Å². The van der Waals surface area contributed by atoms with Crippen LogP contribution >= 0.6 is 0 Å². The summed E-state index contributed by atoms with van der Waals surface area (Å²) in [5.74, 6) is -1.84. The van der Waals surface area contributed by atoms with Gasteiger partial charge in [0.05, 0.1) is 6.61 Å². The maximum Gasteiger partial charge on any atom is 0.323 e. The Labute approximate surface area is 151 Å². The van der Waals surface area contributed by atoms with Crippen LogP contribution in [-0.4, -0.2) is 60.9 Å². The number of esters is 1. The van der Waals surface area contributed by atoms with Crippen LogP contribution in [0.5, 0.6) is 0 Å². The first-order valence-corrected chi connectivity index (χ1v) is 9.17. The zero-order valence-electron chi connectivity index (χ0n) is 13.5. The molecule has 0 aliphatic carbocycles. The summed E-state index contributed by atoms with van der Waals surface area (Å²) in [6.07, 6.45) is 11.8. The molecule has 0 spiro atoms. The van der Waals surface area contributed by atoms with Crippen molar-refractivity contribution >= 4 is 45.6 Å². The molecular weight excluding hydrogens is 303 g/mol. The SMILES string of the molecule is CCCCCCCCCCCCOC(=O)CS(=O)(=O)O.[Na]. The first-order chi connectivity index (χ1) is 9.45. The number of rotatable bonds is 13. The number of hydrogen-bond acceptors (Lipinski definition) is 4. The van der Waals surface area contributed by atoms with E-state index < -0.39 is 21.8 Å². The summed E-state index contributed by atoms with van der Waals surface area (Å²) in [6, 6.07) is 0. The van der Waals surface area contributed by atoms with Gasteiger partial charge in [0, 0.05) is 29.6 Å². The maximum atomic E-state index is 11.0. The Morgan fingerprint density at radius 3 is 1.76 bits per heavy atom. The first kappa shape index (κ1) is 23.6. The Kier molecular flexibility index (Phi) is 17.2. The molecule has 0 aromatic carbocycles. The van der Waals surface area contributed by atoms with E-state index in [1.165, 1.54) is 44.9 Å². The predicted octanol–water partition coefficient (Wildman–Crippen LogP) is 2.96. The standard InChI is InChI=1S/C14H28O5S.Na/c1-2-3-4-5-6-7-8-9-10-11-12-19-14(15)13-20(16,17)18;/h2-13H2,1H3,(H,16,17,18);. The van der Waals surface area contributed by atoms with Crippen LogP contribution in [0.2, 0.25) is 0 Å². The van der Waals surface area contributed by atoms with E-state index in [9.17, 15) is 13.2 Å². The topological polar surface area (TPSA) is 80.7 Å². The van der Waals surface area contributed by atoms with Crippen LogP contribution < -0.4 is 0 Å². The summed E-state index contributed by atoms with van der Waals surface area (Å²) in [7, 11) is -4.26. The summed E-state index contributed by atoms with van der Waals surface area (Å²) < 4.78 is 33.9. The molecule has 0 aliphatic rings. The fraction of sp³-hybridized carbons (Fsp3) is 0.929. The largest absolute Gasteiger partial charge is 0.465 e. The number of ether oxygens (including phenoxy) is 1. The molecule has 0 heterocycles. The molecule has 0 fully saturated rings. The van der Waals surface area contributed by atoms with Crippen LogP contribution in [0, 0.1) is 0 Å². The van der Waals surface area contributed by atoms with Crippen LogP contribution in [0.25, 0.3) is 0 Å². The summed E-state index contributed by atoms with van der Waals surface area (Å²) in [4.78, 5) is 11.0. The van der Waals surface area contributed by atoms with Crippen molar-refractivity contribution in [2.75, 3.05) is 12.4 Å². The molecule has 0 rings (SSSR count). The molecule has 21 heavy (non-hydrogen) atoms. The van der Waals surface area contributed by atoms with Crippen molar-refractivity contribution in [3.63, 3.8) is 0 Å². The van der Waals surface area contributed by atoms with Crippen molar-refractivity contribution in [2.45, 2.75) is 71.1 Å². The number of carbonyl (C=O) groups excluding carboxylic acids is 1. The number of unbranched alkanes of at least 4 members (excludes halogenated alkanes) is 9. The molecule has 1 N–H and O–H groups in total. The maximum absolute atomic E-state index is 11.0. The third-order valence-electron chi connectivity index (χ3n) is 3.06. The van der Waals surface area contributed by atoms with Crippen LogP contribution in [0.1, 0.15) is 71.1 Å². The van der Waals surface area contributed by atoms with Gasteiger partial charge in [-0.05, 0) is 6.42 Å². The normalized spacial score (nSPS) is 11.0. The van der Waals surface area contributed by atoms with Gasteiger partial charge < -0.3 is 4.74 Å². The zero-order valence-corrected chi connectivity index (χ0v) is 16.3. The molecule has 5 nitrogen and oxygen atoms in total. The van der Waals surface area contributed by atoms with Crippen LogP contribution in [0.15, 0.2) is 0 Å². The van der Waals surface area contributed by atoms with E-state index in [0.29, 0.717) is 0 Å². The minimum Gasteiger partial charge on any atom is -0.465 e. The van der Waals surface area contributed by atoms with Crippen molar-refractivity contribution in [3.05, 3.63) is 0 Å². The minimum absolute atomic E-state index is 0. The van der Waals surface area contributed by atoms with Gasteiger partial charge in [0.25, 0.3) is 10.1 Å². The third-order valence-corrected chi connectivity index (χ3v) is 3.66. The summed E-state index contributed by atoms with van der Waals surface area (Å²) >= 11 is 0. The van der Waals surface area contributed by atoms with E-state index >= 15 is 0 Å². The molecule has 0 saturated carbocycles. The molecule has 0 bridgehead atoms. The van der Waals surface area contributed by atoms with Gasteiger partial charge in [-0.2, -0.15) is 8.42 Å². The Morgan fingerprint density at radius 1 is 0.905 bits per heavy atom. The molecule has 0 atom stereocenters. The Hall–Kier alpha value is 0.380. The van der Waals surface area contributed by atoms with Crippen molar-refractivity contribution < 1.29 is 22.5 Å². The average Bonchev–Trinajstić information content (AvgIpc) is 2.34. The van der Waals surface area contributed by atoms with Gasteiger partial charge in [0.1, 0.15) is 0 Å². The first-order valence-electron chi connectivity index (χ1n) is 7.56. The molecule has 1 radical (unpaired) electrons. The van der Waals surface area contributed by atoms with Gasteiger partial charge in [-0.3, -0.25) is 9.35 Å². The smallest absolute Gasteiger partial charge is 0.323 e. The molecule has 121 valence electrons. The molecule has 0 aromatic rings. The summed E-state index contributed by atoms with van der Waals surface area (Å²) in [5, 5.41) is 0. The molecule has 0 unspecified atom stereocenters. The fourth-order valence-corrected chi connectivity index (χ4v) is 2.35. The Bertz CT molecular complexity index is 343. The zero-order chi connectivity index (χ0) is 15.3. The second kappa shape index (κ2) is 15.3. The quantitative estimate of drug-likeness (QED) is 0.243. The Morgan fingerprint density at radius 2 is 1.33 bits per heavy atom. The van der Waals surface area contributed by atoms with E-state index in [1.807, 2.05) is 0 Å². The van der Waals surface area contributed by atoms with Gasteiger partial charge in [-0.25, -0.2) is 0 Å². The molecule has 0 amide bonds. The number of carbonyl (C=O) groups is 1. The van der Waals surface area contributed by atoms with E-state index in [-0.39, 0.29) is 36.2 Å². The second-order valence-electron chi connectivity index (χ2n) is 5.13. The van der Waals surface area contributed by atoms with E-state index in [1.54, 1.807) is 0 Å². The summed E-state index contributed by atoms with van der Waals surface area (Å²) in [5.41, 5.74) is 0. The van der Waals surface area contributed by atoms with Crippen LogP contribution in [0.4, 0.5) is 0 Å². The summed E-state index contributed by atoms with van der Waals surface area (Å²) in [6.45, 7) is 2.44. The van der Waals surface area contributed by atoms with Crippen LogP contribution in [-0.2, 0) is 19.6 Å². The van der Waals surface area contributed by atoms with Gasteiger partial charge in [0.2, 0.25) is 0 Å². The van der Waals surface area contributed by atoms with Crippen molar-refractivity contribution in [3.8, 4) is 0 Å². The second-order valence-corrected chi connectivity index (χ2v) is 6.58. The van der Waals surface area contributed by atoms with Gasteiger partial charge >= 0.3 is 5.97 Å². The van der Waals surface area contributed by atoms with Crippen molar-refractivity contribution in [1.29, 1.82) is 0 Å². The van der Waals surface area contributed by atoms with Crippen molar-refractivity contribution in [2.24, 2.45) is 0 Å².